The highest BCUT2D eigenvalue weighted by atomic mass is 16.5. The molecule has 1 aromatic carbocycles. The normalized spacial score (nSPS) is 29.7. The number of aliphatic hydroxyl groups is 1. The van der Waals surface area contributed by atoms with Crippen LogP contribution in [0.1, 0.15) is 50.8 Å². The highest BCUT2D eigenvalue weighted by molar-refractivity contribution is 5.79. The van der Waals surface area contributed by atoms with E-state index in [9.17, 15) is 9.90 Å². The molecule has 5 nitrogen and oxygen atoms in total. The van der Waals surface area contributed by atoms with E-state index in [1.165, 1.54) is 0 Å². The summed E-state index contributed by atoms with van der Waals surface area (Å²) in [5.41, 5.74) is 0.417. The molecule has 3 rings (SSSR count). The number of carbonyl (C=O) groups excluding carboxylic acids is 1. The van der Waals surface area contributed by atoms with Gasteiger partial charge in [-0.15, -0.1) is 0 Å². The van der Waals surface area contributed by atoms with Crippen LogP contribution in [0, 0.1) is 11.3 Å². The Bertz CT molecular complexity index is 662. The summed E-state index contributed by atoms with van der Waals surface area (Å²) >= 11 is 0. The monoisotopic (exact) mass is 300 g/mol. The van der Waals surface area contributed by atoms with E-state index in [1.54, 1.807) is 23.1 Å². The number of benzene rings is 1. The molecule has 0 aliphatic carbocycles. The maximum atomic E-state index is 12.3. The van der Waals surface area contributed by atoms with Crippen molar-refractivity contribution >= 4 is 5.91 Å². The number of likely N-dealkylation sites (tertiary alicyclic amines) is 1. The Morgan fingerprint density at radius 3 is 2.77 bits per heavy atom. The summed E-state index contributed by atoms with van der Waals surface area (Å²) in [4.78, 5) is 14.1. The fourth-order valence-electron chi connectivity index (χ4n) is 3.41. The van der Waals surface area contributed by atoms with Crippen molar-refractivity contribution in [2.45, 2.75) is 57.4 Å². The zero-order valence-electron chi connectivity index (χ0n) is 13.0. The van der Waals surface area contributed by atoms with Crippen LogP contribution in [0.2, 0.25) is 0 Å². The Balaban J connectivity index is 2.15. The van der Waals surface area contributed by atoms with Gasteiger partial charge < -0.3 is 14.7 Å². The average molecular weight is 300 g/mol. The van der Waals surface area contributed by atoms with E-state index in [4.69, 9.17) is 10.00 Å². The lowest BCUT2D eigenvalue weighted by Crippen LogP contribution is -2.55. The molecule has 0 unspecified atom stereocenters. The number of amides is 1. The molecule has 1 aromatic rings. The number of rotatable bonds is 1. The number of fused-ring (bicyclic) bond motifs is 1. The lowest BCUT2D eigenvalue weighted by Gasteiger charge is -2.46. The van der Waals surface area contributed by atoms with Crippen LogP contribution in [0.4, 0.5) is 0 Å². The Kier molecular flexibility index (Phi) is 3.37. The third-order valence-electron chi connectivity index (χ3n) is 4.68. The fraction of sp³-hybridized carbons (Fsp3) is 0.529. The van der Waals surface area contributed by atoms with Crippen molar-refractivity contribution in [3.63, 3.8) is 0 Å². The Morgan fingerprint density at radius 2 is 2.18 bits per heavy atom. The molecule has 2 aliphatic heterocycles. The number of hydrogen-bond donors (Lipinski definition) is 1. The Labute approximate surface area is 130 Å². The molecule has 0 bridgehead atoms. The maximum Gasteiger partial charge on any atom is 0.223 e. The van der Waals surface area contributed by atoms with Gasteiger partial charge in [0.05, 0.1) is 17.7 Å². The summed E-state index contributed by atoms with van der Waals surface area (Å²) < 4.78 is 5.89. The van der Waals surface area contributed by atoms with E-state index in [1.807, 2.05) is 20.8 Å². The van der Waals surface area contributed by atoms with Crippen molar-refractivity contribution in [3.8, 4) is 11.8 Å². The van der Waals surface area contributed by atoms with E-state index in [2.05, 4.69) is 6.07 Å². The van der Waals surface area contributed by atoms with E-state index in [0.29, 0.717) is 23.3 Å². The number of ether oxygens (including phenoxy) is 1. The lowest BCUT2D eigenvalue weighted by atomic mass is 9.84. The first-order valence-electron chi connectivity index (χ1n) is 7.57. The highest BCUT2D eigenvalue weighted by Gasteiger charge is 2.49. The van der Waals surface area contributed by atoms with Gasteiger partial charge in [0.25, 0.3) is 0 Å². The molecule has 1 saturated heterocycles. The zero-order chi connectivity index (χ0) is 16.1. The second-order valence-corrected chi connectivity index (χ2v) is 6.65. The second kappa shape index (κ2) is 4.99. The van der Waals surface area contributed by atoms with Crippen LogP contribution in [0.5, 0.6) is 5.75 Å². The van der Waals surface area contributed by atoms with Crippen molar-refractivity contribution in [3.05, 3.63) is 29.3 Å². The predicted octanol–water partition coefficient (Wildman–Crippen LogP) is 2.14. The zero-order valence-corrected chi connectivity index (χ0v) is 13.0. The first-order valence-corrected chi connectivity index (χ1v) is 7.57. The van der Waals surface area contributed by atoms with Crippen LogP contribution in [0.25, 0.3) is 0 Å². The first-order chi connectivity index (χ1) is 10.3. The van der Waals surface area contributed by atoms with E-state index in [0.717, 1.165) is 6.42 Å². The summed E-state index contributed by atoms with van der Waals surface area (Å²) in [6, 6.07) is 6.86. The van der Waals surface area contributed by atoms with Gasteiger partial charge in [-0.2, -0.15) is 5.26 Å². The number of aliphatic hydroxyl groups excluding tert-OH is 1. The minimum Gasteiger partial charge on any atom is -0.485 e. The third kappa shape index (κ3) is 2.15. The third-order valence-corrected chi connectivity index (χ3v) is 4.68. The number of nitriles is 1. The van der Waals surface area contributed by atoms with Gasteiger partial charge in [0, 0.05) is 18.0 Å². The molecule has 2 aliphatic rings. The summed E-state index contributed by atoms with van der Waals surface area (Å²) in [6.07, 6.45) is 0.439. The van der Waals surface area contributed by atoms with Gasteiger partial charge in [-0.3, -0.25) is 4.79 Å². The summed E-state index contributed by atoms with van der Waals surface area (Å²) in [5.74, 6) is 0.675. The number of nitrogens with zero attached hydrogens (tertiary/aromatic N) is 2. The molecule has 2 heterocycles. The summed E-state index contributed by atoms with van der Waals surface area (Å²) in [5, 5.41) is 19.9. The van der Waals surface area contributed by atoms with Gasteiger partial charge in [0.2, 0.25) is 5.91 Å². The molecule has 0 saturated carbocycles. The van der Waals surface area contributed by atoms with Crippen molar-refractivity contribution in [2.75, 3.05) is 0 Å². The van der Waals surface area contributed by atoms with Gasteiger partial charge in [-0.25, -0.2) is 0 Å². The van der Waals surface area contributed by atoms with Crippen LogP contribution >= 0.6 is 0 Å². The van der Waals surface area contributed by atoms with Gasteiger partial charge in [-0.05, 0) is 45.4 Å². The van der Waals surface area contributed by atoms with Crippen LogP contribution < -0.4 is 4.74 Å². The van der Waals surface area contributed by atoms with Crippen molar-refractivity contribution in [1.82, 2.24) is 4.90 Å². The van der Waals surface area contributed by atoms with Gasteiger partial charge in [0.15, 0.2) is 0 Å². The highest BCUT2D eigenvalue weighted by Crippen LogP contribution is 2.45. The smallest absolute Gasteiger partial charge is 0.223 e. The van der Waals surface area contributed by atoms with Crippen LogP contribution in [0.3, 0.4) is 0 Å². The molecule has 3 atom stereocenters. The van der Waals surface area contributed by atoms with Crippen molar-refractivity contribution in [2.24, 2.45) is 0 Å². The predicted molar refractivity (Wildman–Crippen MR) is 80.2 cm³/mol. The molecular formula is C17H20N2O3. The van der Waals surface area contributed by atoms with Gasteiger partial charge in [-0.1, -0.05) is 0 Å². The second-order valence-electron chi connectivity index (χ2n) is 6.65. The average Bonchev–Trinajstić information content (AvgIpc) is 2.80. The van der Waals surface area contributed by atoms with Crippen LogP contribution in [-0.4, -0.2) is 33.7 Å². The van der Waals surface area contributed by atoms with Crippen molar-refractivity contribution < 1.29 is 14.6 Å². The summed E-state index contributed by atoms with van der Waals surface area (Å²) in [7, 11) is 0. The standard InChI is InChI=1S/C17H20N2O3/c1-10-4-7-14(20)19(10)15-12-8-11(9-18)5-6-13(12)22-17(2,3)16(15)21/h5-6,8,10,15-16,21H,4,7H2,1-3H3/t10-,15-,16+/m0/s1. The van der Waals surface area contributed by atoms with E-state index < -0.39 is 17.7 Å². The van der Waals surface area contributed by atoms with Crippen LogP contribution in [0.15, 0.2) is 18.2 Å². The largest absolute Gasteiger partial charge is 0.485 e. The number of carbonyl (C=O) groups is 1. The molecule has 0 spiro atoms. The summed E-state index contributed by atoms with van der Waals surface area (Å²) in [6.45, 7) is 5.63. The topological polar surface area (TPSA) is 73.6 Å². The number of hydrogen-bond acceptors (Lipinski definition) is 4. The van der Waals surface area contributed by atoms with Crippen LogP contribution in [-0.2, 0) is 4.79 Å². The molecule has 5 heteroatoms. The molecule has 1 N–H and O–H groups in total. The minimum absolute atomic E-state index is 0.0440. The molecule has 1 amide bonds. The fourth-order valence-corrected chi connectivity index (χ4v) is 3.41. The van der Waals surface area contributed by atoms with E-state index in [-0.39, 0.29) is 11.9 Å². The first kappa shape index (κ1) is 14.9. The quantitative estimate of drug-likeness (QED) is 0.862. The van der Waals surface area contributed by atoms with Gasteiger partial charge >= 0.3 is 0 Å². The SMILES string of the molecule is C[C@H]1CCC(=O)N1[C@H]1c2cc(C#N)ccc2OC(C)(C)[C@@H]1O. The Hall–Kier alpha value is -2.06. The molecular weight excluding hydrogens is 280 g/mol. The van der Waals surface area contributed by atoms with Gasteiger partial charge in [0.1, 0.15) is 17.5 Å². The maximum absolute atomic E-state index is 12.3. The Morgan fingerprint density at radius 1 is 1.45 bits per heavy atom. The molecule has 1 fully saturated rings. The minimum atomic E-state index is -0.849. The molecule has 22 heavy (non-hydrogen) atoms. The molecule has 116 valence electrons. The lowest BCUT2D eigenvalue weighted by molar-refractivity contribution is -0.142. The van der Waals surface area contributed by atoms with Crippen molar-refractivity contribution in [1.29, 1.82) is 5.26 Å². The molecule has 0 radical (unpaired) electrons. The molecule has 0 aromatic heterocycles. The van der Waals surface area contributed by atoms with E-state index >= 15 is 0 Å².